The van der Waals surface area contributed by atoms with Gasteiger partial charge in [0.05, 0.1) is 30.3 Å². The first-order valence-corrected chi connectivity index (χ1v) is 25.3. The van der Waals surface area contributed by atoms with E-state index in [2.05, 4.69) is 133 Å². The number of nitro benzene ring substituents is 2. The van der Waals surface area contributed by atoms with E-state index in [1.807, 2.05) is 65.2 Å². The summed E-state index contributed by atoms with van der Waals surface area (Å²) in [6, 6.07) is 41.6. The Morgan fingerprint density at radius 2 is 0.900 bits per heavy atom. The number of rotatable bonds is 11. The maximum absolute atomic E-state index is 10.8. The van der Waals surface area contributed by atoms with Crippen LogP contribution in [0.5, 0.6) is 0 Å². The standard InChI is InChI=1S/C18H15As.2C15H11N5O2S2.ClH.Fe.Ru/c1-4-10-16(11-5-1)19(17-12-6-2-7-13-17)18-14-8-3-9-15-18;2*1-9(10-4-2-3-5-10)18-19-14(23)17-15-16-12-7-6-11(20(21)22)8-13(12)24-15;;;/h1-15H;2*2-8H,1H3,(H-,16,17,19,23);1H;;/q;2*-1;;+2;+3/p-3/b;2*18-9-;;;. The summed E-state index contributed by atoms with van der Waals surface area (Å²) in [5.74, 6) is 1.93. The van der Waals surface area contributed by atoms with Crippen molar-refractivity contribution in [1.82, 2.24) is 9.97 Å². The molecule has 11 radical (unpaired) electrons. The quantitative estimate of drug-likeness (QED) is 0.0405. The molecule has 2 aliphatic rings. The van der Waals surface area contributed by atoms with Gasteiger partial charge in [-0.3, -0.25) is 30.2 Å². The van der Waals surface area contributed by atoms with Gasteiger partial charge in [-0.1, -0.05) is 0 Å². The van der Waals surface area contributed by atoms with Crippen LogP contribution in [0.15, 0.2) is 138 Å². The molecule has 0 spiro atoms. The summed E-state index contributed by atoms with van der Waals surface area (Å²) in [7, 11) is 0. The van der Waals surface area contributed by atoms with Gasteiger partial charge < -0.3 is 44.1 Å². The van der Waals surface area contributed by atoms with Crippen molar-refractivity contribution < 1.29 is 58.8 Å². The van der Waals surface area contributed by atoms with Crippen molar-refractivity contribution >= 4 is 139 Å². The molecule has 9 rings (SSSR count). The van der Waals surface area contributed by atoms with Crippen molar-refractivity contribution in [2.24, 2.45) is 10.2 Å². The van der Waals surface area contributed by atoms with Crippen LogP contribution >= 0.6 is 47.1 Å². The molecule has 5 aromatic carbocycles. The predicted octanol–water partition coefficient (Wildman–Crippen LogP) is 8.50. The molecule has 0 N–H and O–H groups in total. The molecule has 0 amide bonds. The van der Waals surface area contributed by atoms with Crippen molar-refractivity contribution in [1.29, 1.82) is 0 Å². The Hall–Kier alpha value is -4.61. The Bertz CT molecular complexity index is 2660. The van der Waals surface area contributed by atoms with Gasteiger partial charge >= 0.3 is 155 Å². The van der Waals surface area contributed by atoms with Crippen LogP contribution < -0.4 is 25.5 Å². The number of non-ortho nitro benzene ring substituents is 2. The van der Waals surface area contributed by atoms with Crippen LogP contribution in [-0.2, 0) is 36.5 Å². The molecule has 2 saturated carbocycles. The summed E-state index contributed by atoms with van der Waals surface area (Å²) >= 11 is 11.2. The number of hydrogen-bond acceptors (Lipinski definition) is 12. The first-order valence-electron chi connectivity index (χ1n) is 20.0. The van der Waals surface area contributed by atoms with E-state index in [4.69, 9.17) is 24.4 Å². The Balaban J connectivity index is 0.000000225. The number of nitrogens with zero attached hydrogens (tertiary/aromatic N) is 10. The van der Waals surface area contributed by atoms with E-state index in [1.54, 1.807) is 12.1 Å². The van der Waals surface area contributed by atoms with Crippen LogP contribution in [0, 0.1) is 83.4 Å². The van der Waals surface area contributed by atoms with Crippen molar-refractivity contribution in [3.8, 4) is 0 Å². The summed E-state index contributed by atoms with van der Waals surface area (Å²) < 4.78 is 5.77. The molecule has 0 saturated heterocycles. The molecule has 2 fully saturated rings. The number of benzene rings is 5. The molecule has 2 heterocycles. The van der Waals surface area contributed by atoms with Crippen molar-refractivity contribution in [2.75, 3.05) is 0 Å². The van der Waals surface area contributed by atoms with Crippen molar-refractivity contribution in [3.05, 3.63) is 232 Å². The minimum atomic E-state index is -1.39. The fraction of sp³-hybridized carbons (Fsp3) is 0.0417. The first-order chi connectivity index (χ1) is 32.5. The summed E-state index contributed by atoms with van der Waals surface area (Å²) in [4.78, 5) is 29.2. The number of nitro groups is 2. The van der Waals surface area contributed by atoms with Crippen LogP contribution in [0.4, 0.5) is 21.6 Å². The Kier molecular flexibility index (Phi) is 24.0. The van der Waals surface area contributed by atoms with Crippen LogP contribution in [0.1, 0.15) is 13.8 Å². The van der Waals surface area contributed by atoms with E-state index in [-0.39, 0.29) is 70.6 Å². The monoisotopic (exact) mass is 1210 g/mol. The van der Waals surface area contributed by atoms with Gasteiger partial charge in [-0.2, -0.15) is 10.2 Å². The first kappa shape index (κ1) is 58.0. The fourth-order valence-electron chi connectivity index (χ4n) is 6.09. The van der Waals surface area contributed by atoms with Gasteiger partial charge in [-0.05, 0) is 88.8 Å². The van der Waals surface area contributed by atoms with E-state index in [0.717, 1.165) is 23.3 Å². The molecule has 2 aromatic heterocycles. The van der Waals surface area contributed by atoms with E-state index in [1.165, 1.54) is 60.0 Å². The second kappa shape index (κ2) is 29.0. The third-order valence-corrected chi connectivity index (χ3v) is 16.6. The Morgan fingerprint density at radius 3 is 1.21 bits per heavy atom. The van der Waals surface area contributed by atoms with Crippen LogP contribution in [0.25, 0.3) is 41.9 Å². The molecular weight excluding hydrogens is 1180 g/mol. The van der Waals surface area contributed by atoms with Crippen LogP contribution in [0.3, 0.4) is 0 Å². The van der Waals surface area contributed by atoms with Crippen molar-refractivity contribution in [3.63, 3.8) is 0 Å². The molecule has 14 nitrogen and oxygen atoms in total. The van der Waals surface area contributed by atoms with E-state index >= 15 is 0 Å². The molecule has 0 aliphatic heterocycles. The molecule has 0 bridgehead atoms. The topological polar surface area (TPSA) is 193 Å². The number of thiocarbonyl (C=S) groups is 2. The van der Waals surface area contributed by atoms with Crippen LogP contribution in [0.2, 0.25) is 0 Å². The summed E-state index contributed by atoms with van der Waals surface area (Å²) in [5, 5.41) is 38.8. The van der Waals surface area contributed by atoms with E-state index in [9.17, 15) is 20.2 Å². The van der Waals surface area contributed by atoms with Gasteiger partial charge in [0, 0.05) is 46.4 Å². The Labute approximate surface area is 459 Å². The molecule has 70 heavy (non-hydrogen) atoms. The number of thiazole rings is 2. The zero-order chi connectivity index (χ0) is 47.1. The molecule has 0 atom stereocenters. The van der Waals surface area contributed by atoms with Gasteiger partial charge in [0.15, 0.2) is 0 Å². The number of halogens is 1. The van der Waals surface area contributed by atoms with Gasteiger partial charge in [-0.15, -0.1) is 47.1 Å². The molecule has 353 valence electrons. The zero-order valence-corrected chi connectivity index (χ0v) is 45.3. The van der Waals surface area contributed by atoms with Gasteiger partial charge in [0.1, 0.15) is 0 Å². The van der Waals surface area contributed by atoms with Gasteiger partial charge in [0.25, 0.3) is 11.4 Å². The molecular formula is C48H35AsClFeN10O4RuS4. The molecule has 0 unspecified atom stereocenters. The average molecular weight is 1210 g/mol. The summed E-state index contributed by atoms with van der Waals surface area (Å²) in [6.07, 6.45) is 15.4. The fourth-order valence-corrected chi connectivity index (χ4v) is 13.0. The maximum atomic E-state index is 10.8. The molecule has 22 heteroatoms. The number of hydrogen-bond donors (Lipinski definition) is 0. The van der Waals surface area contributed by atoms with E-state index < -0.39 is 24.5 Å². The van der Waals surface area contributed by atoms with Crippen molar-refractivity contribution in [2.45, 2.75) is 13.8 Å². The second-order valence-electron chi connectivity index (χ2n) is 13.9. The minimum absolute atomic E-state index is 0. The molecule has 7 aromatic rings. The van der Waals surface area contributed by atoms with Crippen LogP contribution in [-0.4, -0.2) is 56.1 Å². The SMILES string of the molecule is C/C(=N/[N-]C(=S)[N-]c1nc2ccc([N+](=O)[O-])cc2s1)[C]1[CH][CH][CH][CH]1.C/C(=N/[N-]C(=S)[N-]c1nc2ccc([N+](=O)[O-])cc2s1)[C]1[CH][CH][CH][CH]1.[Cl-].[Fe+2].[Ru+3].c1ccc([As](c2ccccc2)c2ccccc2)cc1. The second-order valence-corrected chi connectivity index (χ2v) is 21.3. The summed E-state index contributed by atoms with van der Waals surface area (Å²) in [5.41, 5.74) is 10.6. The van der Waals surface area contributed by atoms with Gasteiger partial charge in [0.2, 0.25) is 0 Å². The average Bonchev–Trinajstić information content (AvgIpc) is 4.19. The Morgan fingerprint density at radius 1 is 0.571 bits per heavy atom. The zero-order valence-electron chi connectivity index (χ0n) is 36.5. The number of aromatic nitrogens is 2. The predicted molar refractivity (Wildman–Crippen MR) is 282 cm³/mol. The van der Waals surface area contributed by atoms with E-state index in [0.29, 0.717) is 30.7 Å². The van der Waals surface area contributed by atoms with Gasteiger partial charge in [-0.25, -0.2) is 0 Å². The third-order valence-electron chi connectivity index (χ3n) is 9.30. The third kappa shape index (κ3) is 16.7. The molecule has 2 aliphatic carbocycles. The number of fused-ring (bicyclic) bond motifs is 2. The summed E-state index contributed by atoms with van der Waals surface area (Å²) in [6.45, 7) is 3.66. The normalized spacial score (nSPS) is 13.6.